The van der Waals surface area contributed by atoms with Gasteiger partial charge in [0.2, 0.25) is 0 Å². The number of nitrogens with zero attached hydrogens (tertiary/aromatic N) is 2. The molecule has 0 saturated carbocycles. The van der Waals surface area contributed by atoms with Crippen molar-refractivity contribution in [2.45, 2.75) is 45.5 Å². The van der Waals surface area contributed by atoms with Gasteiger partial charge in [-0.3, -0.25) is 4.79 Å². The van der Waals surface area contributed by atoms with Gasteiger partial charge < -0.3 is 10.1 Å². The van der Waals surface area contributed by atoms with E-state index in [0.717, 1.165) is 10.9 Å². The molecule has 1 N–H and O–H groups in total. The van der Waals surface area contributed by atoms with Crippen LogP contribution in [0.3, 0.4) is 0 Å². The van der Waals surface area contributed by atoms with Gasteiger partial charge >= 0.3 is 0 Å². The van der Waals surface area contributed by atoms with Crippen molar-refractivity contribution in [3.05, 3.63) is 89.6 Å². The molecule has 8 heteroatoms. The van der Waals surface area contributed by atoms with E-state index in [4.69, 9.17) is 4.74 Å². The Kier molecular flexibility index (Phi) is 6.56. The number of alkyl halides is 1. The zero-order valence-corrected chi connectivity index (χ0v) is 19.9. The Hall–Kier alpha value is -3.81. The SMILES string of the molecule is Cc1cc(F)ccc1[C@@H](Oc1ccc2c(cnn2-c2ccc(F)cc2)c1)[C@H](C)NC(=O)C(C)(C)F. The monoisotopic (exact) mass is 481 g/mol. The second-order valence-corrected chi connectivity index (χ2v) is 9.03. The zero-order chi connectivity index (χ0) is 25.3. The Labute approximate surface area is 201 Å². The Morgan fingerprint density at radius 3 is 2.37 bits per heavy atom. The summed E-state index contributed by atoms with van der Waals surface area (Å²) in [6.45, 7) is 5.82. The van der Waals surface area contributed by atoms with Gasteiger partial charge in [-0.15, -0.1) is 0 Å². The summed E-state index contributed by atoms with van der Waals surface area (Å²) >= 11 is 0. The molecule has 3 aromatic carbocycles. The maximum Gasteiger partial charge on any atom is 0.257 e. The molecule has 0 radical (unpaired) electrons. The van der Waals surface area contributed by atoms with Crippen molar-refractivity contribution < 1.29 is 22.7 Å². The number of halogens is 3. The first-order valence-electron chi connectivity index (χ1n) is 11.2. The van der Waals surface area contributed by atoms with Crippen molar-refractivity contribution in [3.63, 3.8) is 0 Å². The lowest BCUT2D eigenvalue weighted by molar-refractivity contribution is -0.132. The summed E-state index contributed by atoms with van der Waals surface area (Å²) in [5.74, 6) is -0.999. The van der Waals surface area contributed by atoms with Gasteiger partial charge in [0.05, 0.1) is 23.4 Å². The fraction of sp³-hybridized carbons (Fsp3) is 0.259. The minimum Gasteiger partial charge on any atom is -0.484 e. The Morgan fingerprint density at radius 2 is 1.71 bits per heavy atom. The van der Waals surface area contributed by atoms with Crippen LogP contribution in [0, 0.1) is 18.6 Å². The molecule has 0 bridgehead atoms. The quantitative estimate of drug-likeness (QED) is 0.353. The van der Waals surface area contributed by atoms with Gasteiger partial charge in [-0.2, -0.15) is 5.10 Å². The van der Waals surface area contributed by atoms with Gasteiger partial charge in [-0.1, -0.05) is 6.07 Å². The van der Waals surface area contributed by atoms with Crippen LogP contribution in [-0.4, -0.2) is 27.4 Å². The molecule has 1 amide bonds. The van der Waals surface area contributed by atoms with E-state index in [9.17, 15) is 18.0 Å². The number of aromatic nitrogens is 2. The molecule has 0 saturated heterocycles. The second kappa shape index (κ2) is 9.44. The lowest BCUT2D eigenvalue weighted by Crippen LogP contribution is -2.46. The largest absolute Gasteiger partial charge is 0.484 e. The number of nitrogens with one attached hydrogen (secondary N) is 1. The van der Waals surface area contributed by atoms with Crippen LogP contribution in [-0.2, 0) is 4.79 Å². The number of carbonyl (C=O) groups is 1. The lowest BCUT2D eigenvalue weighted by Gasteiger charge is -2.29. The van der Waals surface area contributed by atoms with Gasteiger partial charge in [-0.25, -0.2) is 17.9 Å². The molecule has 0 unspecified atom stereocenters. The van der Waals surface area contributed by atoms with E-state index in [-0.39, 0.29) is 11.6 Å². The molecule has 1 aromatic heterocycles. The normalized spacial score (nSPS) is 13.5. The van der Waals surface area contributed by atoms with Gasteiger partial charge in [-0.05, 0) is 93.4 Å². The van der Waals surface area contributed by atoms with Crippen LogP contribution in [0.5, 0.6) is 5.75 Å². The highest BCUT2D eigenvalue weighted by Crippen LogP contribution is 2.31. The first kappa shape index (κ1) is 24.3. The topological polar surface area (TPSA) is 56.1 Å². The number of rotatable bonds is 7. The Morgan fingerprint density at radius 1 is 1.03 bits per heavy atom. The molecule has 1 heterocycles. The number of aryl methyl sites for hydroxylation is 1. The molecular formula is C27H26F3N3O2. The van der Waals surface area contributed by atoms with Crippen LogP contribution < -0.4 is 10.1 Å². The summed E-state index contributed by atoms with van der Waals surface area (Å²) < 4.78 is 49.2. The number of ether oxygens (including phenoxy) is 1. The van der Waals surface area contributed by atoms with Crippen LogP contribution in [0.2, 0.25) is 0 Å². The van der Waals surface area contributed by atoms with E-state index in [1.54, 1.807) is 55.1 Å². The lowest BCUT2D eigenvalue weighted by atomic mass is 9.97. The van der Waals surface area contributed by atoms with Gasteiger partial charge in [0.15, 0.2) is 5.67 Å². The van der Waals surface area contributed by atoms with Gasteiger partial charge in [0, 0.05) is 5.39 Å². The van der Waals surface area contributed by atoms with Crippen molar-refractivity contribution in [2.75, 3.05) is 0 Å². The highest BCUT2D eigenvalue weighted by Gasteiger charge is 2.32. The van der Waals surface area contributed by atoms with Crippen LogP contribution in [0.1, 0.15) is 38.0 Å². The minimum absolute atomic E-state index is 0.333. The first-order chi connectivity index (χ1) is 16.5. The van der Waals surface area contributed by atoms with Gasteiger partial charge in [0.1, 0.15) is 23.5 Å². The van der Waals surface area contributed by atoms with Crippen LogP contribution in [0.4, 0.5) is 13.2 Å². The average Bonchev–Trinajstić information content (AvgIpc) is 3.21. The predicted molar refractivity (Wildman–Crippen MR) is 128 cm³/mol. The predicted octanol–water partition coefficient (Wildman–Crippen LogP) is 5.99. The molecule has 35 heavy (non-hydrogen) atoms. The van der Waals surface area contributed by atoms with E-state index in [2.05, 4.69) is 10.4 Å². The number of hydrogen-bond donors (Lipinski definition) is 1. The fourth-order valence-corrected chi connectivity index (χ4v) is 3.87. The number of benzene rings is 3. The molecule has 0 fully saturated rings. The molecule has 182 valence electrons. The maximum atomic E-state index is 14.2. The molecule has 0 aliphatic rings. The smallest absolute Gasteiger partial charge is 0.257 e. The molecule has 2 atom stereocenters. The first-order valence-corrected chi connectivity index (χ1v) is 11.2. The molecule has 4 aromatic rings. The van der Waals surface area contributed by atoms with Crippen molar-refractivity contribution in [2.24, 2.45) is 0 Å². The number of carbonyl (C=O) groups excluding carboxylic acids is 1. The van der Waals surface area contributed by atoms with E-state index >= 15 is 0 Å². The summed E-state index contributed by atoms with van der Waals surface area (Å²) in [4.78, 5) is 12.3. The summed E-state index contributed by atoms with van der Waals surface area (Å²) in [6, 6.07) is 15.1. The van der Waals surface area contributed by atoms with Gasteiger partial charge in [0.25, 0.3) is 5.91 Å². The summed E-state index contributed by atoms with van der Waals surface area (Å²) in [7, 11) is 0. The highest BCUT2D eigenvalue weighted by molar-refractivity contribution is 5.84. The molecule has 5 nitrogen and oxygen atoms in total. The van der Waals surface area contributed by atoms with Crippen LogP contribution in [0.25, 0.3) is 16.6 Å². The molecule has 0 aliphatic carbocycles. The van der Waals surface area contributed by atoms with Crippen molar-refractivity contribution in [3.8, 4) is 11.4 Å². The van der Waals surface area contributed by atoms with Crippen LogP contribution >= 0.6 is 0 Å². The third-order valence-electron chi connectivity index (χ3n) is 5.76. The standard InChI is InChI=1S/C27H26F3N3O2/c1-16-13-20(29)7-11-23(16)25(17(2)32-26(34)27(3,4)30)35-22-10-12-24-18(14-22)15-31-33(24)21-8-5-19(28)6-9-21/h5-15,17,25H,1-4H3,(H,32,34)/t17-,25-/m0/s1. The average molecular weight is 482 g/mol. The van der Waals surface area contributed by atoms with E-state index in [0.29, 0.717) is 22.6 Å². The number of amides is 1. The highest BCUT2D eigenvalue weighted by atomic mass is 19.1. The third-order valence-corrected chi connectivity index (χ3v) is 5.76. The molecular weight excluding hydrogens is 455 g/mol. The summed E-state index contributed by atoms with van der Waals surface area (Å²) in [6.07, 6.45) is 0.951. The summed E-state index contributed by atoms with van der Waals surface area (Å²) in [5, 5.41) is 7.85. The number of hydrogen-bond acceptors (Lipinski definition) is 3. The van der Waals surface area contributed by atoms with E-state index in [1.807, 2.05) is 6.07 Å². The second-order valence-electron chi connectivity index (χ2n) is 9.03. The zero-order valence-electron chi connectivity index (χ0n) is 19.9. The van der Waals surface area contributed by atoms with E-state index in [1.165, 1.54) is 38.1 Å². The van der Waals surface area contributed by atoms with E-state index < -0.39 is 23.7 Å². The summed E-state index contributed by atoms with van der Waals surface area (Å²) in [5.41, 5.74) is 0.739. The van der Waals surface area contributed by atoms with Crippen molar-refractivity contribution in [1.29, 1.82) is 0 Å². The van der Waals surface area contributed by atoms with Crippen molar-refractivity contribution in [1.82, 2.24) is 15.1 Å². The fourth-order valence-electron chi connectivity index (χ4n) is 3.87. The Balaban J connectivity index is 1.67. The maximum absolute atomic E-state index is 14.2. The Bertz CT molecular complexity index is 1360. The minimum atomic E-state index is -2.06. The molecule has 4 rings (SSSR count). The van der Waals surface area contributed by atoms with Crippen LogP contribution in [0.15, 0.2) is 66.9 Å². The third kappa shape index (κ3) is 5.31. The molecule has 0 spiro atoms. The van der Waals surface area contributed by atoms with Crippen molar-refractivity contribution >= 4 is 16.8 Å². The number of fused-ring (bicyclic) bond motifs is 1. The molecule has 0 aliphatic heterocycles.